The van der Waals surface area contributed by atoms with E-state index in [9.17, 15) is 0 Å². The summed E-state index contributed by atoms with van der Waals surface area (Å²) >= 11 is 0. The Morgan fingerprint density at radius 1 is 1.39 bits per heavy atom. The third kappa shape index (κ3) is 1.81. The fourth-order valence-corrected chi connectivity index (χ4v) is 3.40. The predicted octanol–water partition coefficient (Wildman–Crippen LogP) is 4.71. The Bertz CT molecular complexity index is 526. The van der Waals surface area contributed by atoms with E-state index in [4.69, 9.17) is 5.53 Å². The molecule has 1 aromatic rings. The maximum Gasteiger partial charge on any atom is 0.0571 e. The van der Waals surface area contributed by atoms with Crippen molar-refractivity contribution in [3.05, 3.63) is 58.5 Å². The molecule has 0 fully saturated rings. The number of hydrogen-bond donors (Lipinski definition) is 0. The topological polar surface area (TPSA) is 48.8 Å². The van der Waals surface area contributed by atoms with Crippen LogP contribution < -0.4 is 0 Å². The first-order valence-corrected chi connectivity index (χ1v) is 6.23. The van der Waals surface area contributed by atoms with Gasteiger partial charge in [0.05, 0.1) is 5.54 Å². The van der Waals surface area contributed by atoms with Gasteiger partial charge in [-0.15, -0.1) is 6.58 Å². The molecule has 0 bridgehead atoms. The number of nitrogens with zero attached hydrogens (tertiary/aromatic N) is 3. The van der Waals surface area contributed by atoms with E-state index in [2.05, 4.69) is 48.7 Å². The summed E-state index contributed by atoms with van der Waals surface area (Å²) in [6, 6.07) is 8.39. The van der Waals surface area contributed by atoms with Crippen molar-refractivity contribution >= 4 is 0 Å². The average Bonchev–Trinajstić information content (AvgIpc) is 2.28. The van der Waals surface area contributed by atoms with Gasteiger partial charge in [-0.2, -0.15) is 0 Å². The minimum Gasteiger partial charge on any atom is -0.102 e. The molecule has 0 unspecified atom stereocenters. The molecule has 94 valence electrons. The first-order valence-electron chi connectivity index (χ1n) is 6.23. The highest BCUT2D eigenvalue weighted by atomic mass is 15.2. The molecule has 3 heteroatoms. The van der Waals surface area contributed by atoms with E-state index in [-0.39, 0.29) is 11.3 Å². The third-order valence-corrected chi connectivity index (χ3v) is 4.00. The standard InChI is InChI=1S/C15H19N3/c1-5-12-11-8-6-7-9-13(11)14(2,3)10-15(12,4)17-18-16/h5-9,12H,1,10H2,2-4H3/t12-,15+/m0/s1. The van der Waals surface area contributed by atoms with Crippen molar-refractivity contribution < 1.29 is 0 Å². The maximum atomic E-state index is 8.84. The predicted molar refractivity (Wildman–Crippen MR) is 74.6 cm³/mol. The van der Waals surface area contributed by atoms with Crippen molar-refractivity contribution in [1.82, 2.24) is 0 Å². The van der Waals surface area contributed by atoms with E-state index >= 15 is 0 Å². The second-order valence-electron chi connectivity index (χ2n) is 5.91. The van der Waals surface area contributed by atoms with Gasteiger partial charge >= 0.3 is 0 Å². The first kappa shape index (κ1) is 12.7. The highest BCUT2D eigenvalue weighted by Crippen LogP contribution is 2.50. The Balaban J connectivity index is 2.68. The van der Waals surface area contributed by atoms with Crippen LogP contribution in [0, 0.1) is 0 Å². The summed E-state index contributed by atoms with van der Waals surface area (Å²) in [6.45, 7) is 10.4. The Hall–Kier alpha value is -1.73. The largest absolute Gasteiger partial charge is 0.102 e. The van der Waals surface area contributed by atoms with Crippen LogP contribution in [0.1, 0.15) is 44.2 Å². The summed E-state index contributed by atoms with van der Waals surface area (Å²) in [7, 11) is 0. The molecule has 1 aromatic carbocycles. The molecular weight excluding hydrogens is 222 g/mol. The van der Waals surface area contributed by atoms with E-state index in [1.165, 1.54) is 11.1 Å². The zero-order valence-electron chi connectivity index (χ0n) is 11.2. The number of azide groups is 1. The minimum atomic E-state index is -0.436. The molecular formula is C15H19N3. The lowest BCUT2D eigenvalue weighted by atomic mass is 9.61. The third-order valence-electron chi connectivity index (χ3n) is 4.00. The molecule has 0 radical (unpaired) electrons. The van der Waals surface area contributed by atoms with E-state index in [0.29, 0.717) is 0 Å². The molecule has 0 spiro atoms. The van der Waals surface area contributed by atoms with Gasteiger partial charge in [-0.1, -0.05) is 56.2 Å². The monoisotopic (exact) mass is 241 g/mol. The molecule has 2 rings (SSSR count). The summed E-state index contributed by atoms with van der Waals surface area (Å²) in [6.07, 6.45) is 2.74. The zero-order chi connectivity index (χ0) is 13.4. The van der Waals surface area contributed by atoms with Gasteiger partial charge < -0.3 is 0 Å². The van der Waals surface area contributed by atoms with E-state index in [1.807, 2.05) is 19.1 Å². The lowest BCUT2D eigenvalue weighted by Gasteiger charge is -2.46. The molecule has 3 nitrogen and oxygen atoms in total. The lowest BCUT2D eigenvalue weighted by molar-refractivity contribution is 0.276. The van der Waals surface area contributed by atoms with Crippen molar-refractivity contribution in [3.8, 4) is 0 Å². The highest BCUT2D eigenvalue weighted by molar-refractivity contribution is 5.44. The van der Waals surface area contributed by atoms with Gasteiger partial charge in [0.1, 0.15) is 0 Å². The van der Waals surface area contributed by atoms with Crippen molar-refractivity contribution in [2.24, 2.45) is 5.11 Å². The number of hydrogen-bond acceptors (Lipinski definition) is 1. The van der Waals surface area contributed by atoms with E-state index in [0.717, 1.165) is 6.42 Å². The molecule has 0 aliphatic heterocycles. The summed E-state index contributed by atoms with van der Waals surface area (Å²) in [5.41, 5.74) is 11.0. The molecule has 1 aliphatic carbocycles. The van der Waals surface area contributed by atoms with Gasteiger partial charge in [0.15, 0.2) is 0 Å². The Morgan fingerprint density at radius 3 is 2.67 bits per heavy atom. The van der Waals surface area contributed by atoms with Gasteiger partial charge in [0.25, 0.3) is 0 Å². The number of rotatable bonds is 2. The average molecular weight is 241 g/mol. The normalized spacial score (nSPS) is 28.9. The van der Waals surface area contributed by atoms with Crippen LogP contribution in [0.4, 0.5) is 0 Å². The molecule has 0 aromatic heterocycles. The van der Waals surface area contributed by atoms with Crippen LogP contribution in [0.25, 0.3) is 10.4 Å². The van der Waals surface area contributed by atoms with Gasteiger partial charge in [0, 0.05) is 10.8 Å². The Labute approximate surface area is 108 Å². The second kappa shape index (κ2) is 4.18. The van der Waals surface area contributed by atoms with Gasteiger partial charge in [-0.25, -0.2) is 0 Å². The van der Waals surface area contributed by atoms with Crippen LogP contribution in [0.2, 0.25) is 0 Å². The second-order valence-corrected chi connectivity index (χ2v) is 5.91. The van der Waals surface area contributed by atoms with Crippen LogP contribution in [-0.2, 0) is 5.41 Å². The molecule has 1 aliphatic rings. The molecule has 0 amide bonds. The first-order chi connectivity index (χ1) is 8.44. The van der Waals surface area contributed by atoms with Gasteiger partial charge in [0.2, 0.25) is 0 Å². The van der Waals surface area contributed by atoms with Crippen LogP contribution >= 0.6 is 0 Å². The lowest BCUT2D eigenvalue weighted by Crippen LogP contribution is -2.42. The summed E-state index contributed by atoms with van der Waals surface area (Å²) in [4.78, 5) is 3.05. The minimum absolute atomic E-state index is 0.0129. The van der Waals surface area contributed by atoms with Crippen molar-refractivity contribution in [2.75, 3.05) is 0 Å². The summed E-state index contributed by atoms with van der Waals surface area (Å²) < 4.78 is 0. The maximum absolute atomic E-state index is 8.84. The molecule has 0 saturated heterocycles. The van der Waals surface area contributed by atoms with E-state index < -0.39 is 5.54 Å². The van der Waals surface area contributed by atoms with E-state index in [1.54, 1.807) is 0 Å². The number of benzene rings is 1. The molecule has 0 heterocycles. The fourth-order valence-electron chi connectivity index (χ4n) is 3.40. The van der Waals surface area contributed by atoms with Crippen LogP contribution in [0.5, 0.6) is 0 Å². The SMILES string of the molecule is C=C[C@H]1c2ccccc2C(C)(C)C[C@@]1(C)N=[N+]=[N-]. The van der Waals surface area contributed by atoms with Crippen LogP contribution in [-0.4, -0.2) is 5.54 Å². The number of fused-ring (bicyclic) bond motifs is 1. The van der Waals surface area contributed by atoms with Crippen molar-refractivity contribution in [3.63, 3.8) is 0 Å². The molecule has 2 atom stereocenters. The van der Waals surface area contributed by atoms with Crippen LogP contribution in [0.15, 0.2) is 42.0 Å². The van der Waals surface area contributed by atoms with Crippen molar-refractivity contribution in [1.29, 1.82) is 0 Å². The van der Waals surface area contributed by atoms with Gasteiger partial charge in [-0.3, -0.25) is 0 Å². The van der Waals surface area contributed by atoms with Gasteiger partial charge in [-0.05, 0) is 28.5 Å². The Morgan fingerprint density at radius 2 is 2.06 bits per heavy atom. The van der Waals surface area contributed by atoms with Crippen LogP contribution in [0.3, 0.4) is 0 Å². The molecule has 0 saturated carbocycles. The quantitative estimate of drug-likeness (QED) is 0.312. The Kier molecular flexibility index (Phi) is 2.95. The van der Waals surface area contributed by atoms with Crippen molar-refractivity contribution in [2.45, 2.75) is 44.1 Å². The molecule has 18 heavy (non-hydrogen) atoms. The highest BCUT2D eigenvalue weighted by Gasteiger charge is 2.44. The molecule has 0 N–H and O–H groups in total. The summed E-state index contributed by atoms with van der Waals surface area (Å²) in [5.74, 6) is 0.0811. The zero-order valence-corrected chi connectivity index (χ0v) is 11.2. The smallest absolute Gasteiger partial charge is 0.0571 e. The fraction of sp³-hybridized carbons (Fsp3) is 0.467. The summed E-state index contributed by atoms with van der Waals surface area (Å²) in [5, 5.41) is 4.07.